The van der Waals surface area contributed by atoms with Crippen LogP contribution in [0.3, 0.4) is 0 Å². The smallest absolute Gasteiger partial charge is 0.243 e. The molecule has 3 aromatic carbocycles. The van der Waals surface area contributed by atoms with Gasteiger partial charge in [0.2, 0.25) is 15.9 Å². The average Bonchev–Trinajstić information content (AvgIpc) is 2.75. The summed E-state index contributed by atoms with van der Waals surface area (Å²) in [6.45, 7) is -0.452. The normalized spacial score (nSPS) is 11.5. The second-order valence-corrected chi connectivity index (χ2v) is 9.59. The highest BCUT2D eigenvalue weighted by atomic mass is 35.5. The predicted molar refractivity (Wildman–Crippen MR) is 120 cm³/mol. The summed E-state index contributed by atoms with van der Waals surface area (Å²) in [6.07, 6.45) is 0. The second kappa shape index (κ2) is 9.78. The van der Waals surface area contributed by atoms with Crippen LogP contribution in [-0.4, -0.2) is 32.2 Å². The molecule has 0 aromatic heterocycles. The maximum Gasteiger partial charge on any atom is 0.243 e. The zero-order valence-electron chi connectivity index (χ0n) is 16.5. The van der Waals surface area contributed by atoms with Crippen molar-refractivity contribution in [3.63, 3.8) is 0 Å². The lowest BCUT2D eigenvalue weighted by Gasteiger charge is -2.25. The van der Waals surface area contributed by atoms with Gasteiger partial charge in [-0.3, -0.25) is 4.79 Å². The van der Waals surface area contributed by atoms with Crippen molar-refractivity contribution in [2.75, 3.05) is 18.5 Å². The number of halogens is 3. The molecular formula is C22H19Cl2FN2O3S. The zero-order valence-corrected chi connectivity index (χ0v) is 18.8. The van der Waals surface area contributed by atoms with Crippen molar-refractivity contribution < 1.29 is 17.6 Å². The van der Waals surface area contributed by atoms with E-state index in [1.54, 1.807) is 24.3 Å². The number of nitrogens with zero attached hydrogens (tertiary/aromatic N) is 2. The number of likely N-dealkylation sites (N-methyl/N-ethyl adjacent to an activating group) is 1. The average molecular weight is 481 g/mol. The van der Waals surface area contributed by atoms with Crippen molar-refractivity contribution in [3.05, 3.63) is 94.2 Å². The Labute approximate surface area is 190 Å². The van der Waals surface area contributed by atoms with Gasteiger partial charge in [0, 0.05) is 29.3 Å². The quantitative estimate of drug-likeness (QED) is 0.478. The van der Waals surface area contributed by atoms with E-state index >= 15 is 0 Å². The highest BCUT2D eigenvalue weighted by Gasteiger charge is 2.28. The monoisotopic (exact) mass is 480 g/mol. The van der Waals surface area contributed by atoms with Crippen molar-refractivity contribution >= 4 is 44.8 Å². The lowest BCUT2D eigenvalue weighted by atomic mass is 10.2. The Morgan fingerprint density at radius 3 is 1.94 bits per heavy atom. The molecule has 1 amide bonds. The first-order chi connectivity index (χ1) is 14.7. The zero-order chi connectivity index (χ0) is 22.6. The van der Waals surface area contributed by atoms with Crippen LogP contribution >= 0.6 is 23.2 Å². The first kappa shape index (κ1) is 23.2. The van der Waals surface area contributed by atoms with Gasteiger partial charge in [-0.2, -0.15) is 4.31 Å². The number of amides is 1. The number of sulfonamides is 1. The van der Waals surface area contributed by atoms with Gasteiger partial charge >= 0.3 is 0 Å². The molecule has 0 saturated heterocycles. The standard InChI is InChI=1S/C22H19Cl2FN2O3S/c1-26(20-10-8-19(25)9-11-20)22(28)15-27(14-16-2-4-17(23)5-3-16)31(29,30)21-12-6-18(24)7-13-21/h2-13H,14-15H2,1H3. The minimum Gasteiger partial charge on any atom is -0.314 e. The third-order valence-electron chi connectivity index (χ3n) is 4.62. The third kappa shape index (κ3) is 5.83. The molecule has 31 heavy (non-hydrogen) atoms. The Bertz CT molecular complexity index is 1150. The molecule has 0 atom stereocenters. The van der Waals surface area contributed by atoms with Crippen molar-refractivity contribution in [1.29, 1.82) is 0 Å². The molecule has 0 unspecified atom stereocenters. The maximum absolute atomic E-state index is 13.3. The van der Waals surface area contributed by atoms with Crippen molar-refractivity contribution in [2.24, 2.45) is 0 Å². The van der Waals surface area contributed by atoms with Crippen LogP contribution in [0.5, 0.6) is 0 Å². The van der Waals surface area contributed by atoms with Gasteiger partial charge in [-0.15, -0.1) is 0 Å². The summed E-state index contributed by atoms with van der Waals surface area (Å²) in [4.78, 5) is 14.2. The van der Waals surface area contributed by atoms with E-state index in [4.69, 9.17) is 23.2 Å². The van der Waals surface area contributed by atoms with Crippen LogP contribution in [0.4, 0.5) is 10.1 Å². The van der Waals surface area contributed by atoms with Crippen LogP contribution in [-0.2, 0) is 21.4 Å². The van der Waals surface area contributed by atoms with Gasteiger partial charge in [-0.05, 0) is 66.2 Å². The van der Waals surface area contributed by atoms with Crippen molar-refractivity contribution in [2.45, 2.75) is 11.4 Å². The predicted octanol–water partition coefficient (Wildman–Crippen LogP) is 4.99. The number of hydrogen-bond donors (Lipinski definition) is 0. The first-order valence-electron chi connectivity index (χ1n) is 9.19. The molecule has 0 saturated carbocycles. The van der Waals surface area contributed by atoms with E-state index in [1.807, 2.05) is 0 Å². The SMILES string of the molecule is CN(C(=O)CN(Cc1ccc(Cl)cc1)S(=O)(=O)c1ccc(Cl)cc1)c1ccc(F)cc1. The van der Waals surface area contributed by atoms with E-state index in [2.05, 4.69) is 0 Å². The van der Waals surface area contributed by atoms with Gasteiger partial charge < -0.3 is 4.90 Å². The van der Waals surface area contributed by atoms with E-state index in [-0.39, 0.29) is 11.4 Å². The number of rotatable bonds is 7. The fraction of sp³-hybridized carbons (Fsp3) is 0.136. The molecule has 3 aromatic rings. The summed E-state index contributed by atoms with van der Waals surface area (Å²) < 4.78 is 40.9. The molecule has 9 heteroatoms. The molecule has 3 rings (SSSR count). The highest BCUT2D eigenvalue weighted by molar-refractivity contribution is 7.89. The Balaban J connectivity index is 1.90. The summed E-state index contributed by atoms with van der Waals surface area (Å²) >= 11 is 11.8. The Hall–Kier alpha value is -2.45. The first-order valence-corrected chi connectivity index (χ1v) is 11.4. The lowest BCUT2D eigenvalue weighted by molar-refractivity contribution is -0.118. The molecule has 0 aliphatic heterocycles. The maximum atomic E-state index is 13.3. The van der Waals surface area contributed by atoms with E-state index < -0.39 is 28.3 Å². The molecule has 0 aliphatic carbocycles. The highest BCUT2D eigenvalue weighted by Crippen LogP contribution is 2.22. The van der Waals surface area contributed by atoms with Crippen LogP contribution in [0.1, 0.15) is 5.56 Å². The van der Waals surface area contributed by atoms with E-state index in [0.29, 0.717) is 21.3 Å². The summed E-state index contributed by atoms with van der Waals surface area (Å²) in [5.74, 6) is -0.905. The van der Waals surface area contributed by atoms with E-state index in [1.165, 1.54) is 60.5 Å². The van der Waals surface area contributed by atoms with E-state index in [0.717, 1.165) is 4.31 Å². The van der Waals surface area contributed by atoms with Gasteiger partial charge in [-0.25, -0.2) is 12.8 Å². The van der Waals surface area contributed by atoms with Crippen LogP contribution in [0.2, 0.25) is 10.0 Å². The van der Waals surface area contributed by atoms with Crippen molar-refractivity contribution in [3.8, 4) is 0 Å². The fourth-order valence-electron chi connectivity index (χ4n) is 2.84. The summed E-state index contributed by atoms with van der Waals surface area (Å²) in [5.41, 5.74) is 1.11. The summed E-state index contributed by atoms with van der Waals surface area (Å²) in [6, 6.07) is 17.8. The number of hydrogen-bond acceptors (Lipinski definition) is 3. The fourth-order valence-corrected chi connectivity index (χ4v) is 4.47. The second-order valence-electron chi connectivity index (χ2n) is 6.78. The largest absolute Gasteiger partial charge is 0.314 e. The van der Waals surface area contributed by atoms with Crippen LogP contribution in [0.15, 0.2) is 77.7 Å². The van der Waals surface area contributed by atoms with Gasteiger partial charge in [0.25, 0.3) is 0 Å². The van der Waals surface area contributed by atoms with Gasteiger partial charge in [0.05, 0.1) is 11.4 Å². The van der Waals surface area contributed by atoms with Crippen LogP contribution in [0, 0.1) is 5.82 Å². The van der Waals surface area contributed by atoms with Crippen LogP contribution < -0.4 is 4.90 Å². The Morgan fingerprint density at radius 2 is 1.39 bits per heavy atom. The molecule has 0 spiro atoms. The molecule has 0 fully saturated rings. The summed E-state index contributed by atoms with van der Waals surface area (Å²) in [7, 11) is -2.50. The number of anilines is 1. The Kier molecular flexibility index (Phi) is 7.33. The third-order valence-corrected chi connectivity index (χ3v) is 6.93. The topological polar surface area (TPSA) is 57.7 Å². The molecule has 0 bridgehead atoms. The minimum absolute atomic E-state index is 0.0168. The Morgan fingerprint density at radius 1 is 0.871 bits per heavy atom. The summed E-state index contributed by atoms with van der Waals surface area (Å²) in [5, 5.41) is 0.915. The molecule has 0 N–H and O–H groups in total. The number of carbonyl (C=O) groups is 1. The molecule has 162 valence electrons. The molecule has 0 radical (unpaired) electrons. The van der Waals surface area contributed by atoms with Crippen molar-refractivity contribution in [1.82, 2.24) is 4.31 Å². The molecular weight excluding hydrogens is 462 g/mol. The van der Waals surface area contributed by atoms with Gasteiger partial charge in [0.15, 0.2) is 0 Å². The molecule has 0 heterocycles. The molecule has 5 nitrogen and oxygen atoms in total. The van der Waals surface area contributed by atoms with Crippen LogP contribution in [0.25, 0.3) is 0 Å². The number of carbonyl (C=O) groups excluding carboxylic acids is 1. The number of benzene rings is 3. The lowest BCUT2D eigenvalue weighted by Crippen LogP contribution is -2.41. The minimum atomic E-state index is -4.01. The molecule has 0 aliphatic rings. The van der Waals surface area contributed by atoms with Gasteiger partial charge in [0.1, 0.15) is 5.82 Å². The van der Waals surface area contributed by atoms with Gasteiger partial charge in [-0.1, -0.05) is 35.3 Å². The van der Waals surface area contributed by atoms with E-state index in [9.17, 15) is 17.6 Å².